The van der Waals surface area contributed by atoms with E-state index in [2.05, 4.69) is 29.0 Å². The van der Waals surface area contributed by atoms with Gasteiger partial charge < -0.3 is 9.47 Å². The summed E-state index contributed by atoms with van der Waals surface area (Å²) in [6.45, 7) is 5.95. The Labute approximate surface area is 258 Å². The average Bonchev–Trinajstić information content (AvgIpc) is 3.06. The van der Waals surface area contributed by atoms with Crippen molar-refractivity contribution in [3.63, 3.8) is 0 Å². The van der Waals surface area contributed by atoms with Crippen LogP contribution in [-0.2, 0) is 9.47 Å². The number of fused-ring (bicyclic) bond motifs is 6. The number of hydrogen-bond acceptors (Lipinski definition) is 8. The van der Waals surface area contributed by atoms with Crippen molar-refractivity contribution in [3.8, 4) is 22.5 Å². The molecule has 220 valence electrons. The highest BCUT2D eigenvalue weighted by Gasteiger charge is 2.16. The van der Waals surface area contributed by atoms with Crippen LogP contribution in [0.25, 0.3) is 66.1 Å². The third-order valence-corrected chi connectivity index (χ3v) is 8.28. The number of ether oxygens (including phenoxy) is 2. The Morgan fingerprint density at radius 3 is 1.51 bits per heavy atom. The molecule has 0 spiro atoms. The first-order chi connectivity index (χ1) is 21.7. The number of carbonyl (C=O) groups excluding carboxylic acids is 2. The van der Waals surface area contributed by atoms with Gasteiger partial charge in [0.1, 0.15) is 11.4 Å². The van der Waals surface area contributed by atoms with Crippen LogP contribution in [0.1, 0.15) is 37.7 Å². The molecule has 0 saturated carbocycles. The first-order valence-electron chi connectivity index (χ1n) is 14.5. The lowest BCUT2D eigenvalue weighted by Gasteiger charge is -2.12. The Morgan fingerprint density at radius 1 is 0.511 bits per heavy atom. The Bertz CT molecular complexity index is 2380. The van der Waals surface area contributed by atoms with E-state index in [1.807, 2.05) is 68.4 Å². The number of rotatable bonds is 4. The van der Waals surface area contributed by atoms with Crippen molar-refractivity contribution in [3.05, 3.63) is 107 Å². The number of carbonyl (C=O) groups is 2. The van der Waals surface area contributed by atoms with Crippen molar-refractivity contribution in [2.75, 3.05) is 14.2 Å². The van der Waals surface area contributed by atoms with Crippen molar-refractivity contribution >= 4 is 55.6 Å². The molecule has 4 heterocycles. The molecule has 0 aliphatic carbocycles. The molecule has 7 rings (SSSR count). The van der Waals surface area contributed by atoms with Crippen molar-refractivity contribution in [1.29, 1.82) is 0 Å². The predicted octanol–water partition coefficient (Wildman–Crippen LogP) is 7.71. The van der Waals surface area contributed by atoms with Crippen molar-refractivity contribution in [1.82, 2.24) is 19.9 Å². The maximum absolute atomic E-state index is 12.3. The maximum Gasteiger partial charge on any atom is 0.356 e. The molecule has 0 fully saturated rings. The zero-order chi connectivity index (χ0) is 31.4. The summed E-state index contributed by atoms with van der Waals surface area (Å²) in [5, 5.41) is 3.73. The van der Waals surface area contributed by atoms with E-state index in [1.165, 1.54) is 14.2 Å². The molecule has 0 saturated heterocycles. The van der Waals surface area contributed by atoms with Gasteiger partial charge >= 0.3 is 11.9 Å². The highest BCUT2D eigenvalue weighted by molar-refractivity contribution is 6.07. The van der Waals surface area contributed by atoms with Crippen LogP contribution < -0.4 is 0 Å². The van der Waals surface area contributed by atoms with E-state index in [0.717, 1.165) is 71.8 Å². The molecule has 0 unspecified atom stereocenters. The third kappa shape index (κ3) is 4.71. The van der Waals surface area contributed by atoms with E-state index in [4.69, 9.17) is 19.4 Å². The molecule has 0 aliphatic heterocycles. The SMILES string of the molecule is COC(=O)c1cc(C)c2ccc3ccc(-c4ccc(-c5ccc6ccc7c(C)cc(C(=O)OC)nc7c6n5)c(C)c4)nc3c2n1. The number of pyridine rings is 4. The first kappa shape index (κ1) is 28.0. The van der Waals surface area contributed by atoms with Crippen LogP contribution in [0.5, 0.6) is 0 Å². The van der Waals surface area contributed by atoms with Crippen LogP contribution in [0.15, 0.2) is 78.9 Å². The van der Waals surface area contributed by atoms with Crippen LogP contribution in [0.4, 0.5) is 0 Å². The number of esters is 2. The summed E-state index contributed by atoms with van der Waals surface area (Å²) in [6.07, 6.45) is 0. The summed E-state index contributed by atoms with van der Waals surface area (Å²) in [5.74, 6) is -0.964. The Hall–Kier alpha value is -5.76. The average molecular weight is 593 g/mol. The lowest BCUT2D eigenvalue weighted by atomic mass is 9.98. The fourth-order valence-electron chi connectivity index (χ4n) is 5.92. The lowest BCUT2D eigenvalue weighted by Crippen LogP contribution is -2.05. The minimum Gasteiger partial charge on any atom is -0.464 e. The summed E-state index contributed by atoms with van der Waals surface area (Å²) in [7, 11) is 2.70. The van der Waals surface area contributed by atoms with Gasteiger partial charge in [0.15, 0.2) is 0 Å². The highest BCUT2D eigenvalue weighted by Crippen LogP contribution is 2.33. The zero-order valence-electron chi connectivity index (χ0n) is 25.4. The van der Waals surface area contributed by atoms with Crippen LogP contribution in [0.2, 0.25) is 0 Å². The minimum absolute atomic E-state index is 0.255. The van der Waals surface area contributed by atoms with Gasteiger partial charge in [0.25, 0.3) is 0 Å². The summed E-state index contributed by atoms with van der Waals surface area (Å²) < 4.78 is 9.86. The van der Waals surface area contributed by atoms with Gasteiger partial charge in [-0.25, -0.2) is 29.5 Å². The Kier molecular flexibility index (Phi) is 6.70. The van der Waals surface area contributed by atoms with Gasteiger partial charge in [0, 0.05) is 32.7 Å². The van der Waals surface area contributed by atoms with Gasteiger partial charge in [0.05, 0.1) is 47.7 Å². The van der Waals surface area contributed by atoms with Gasteiger partial charge in [-0.2, -0.15) is 0 Å². The van der Waals surface area contributed by atoms with Crippen LogP contribution >= 0.6 is 0 Å². The quantitative estimate of drug-likeness (QED) is 0.151. The van der Waals surface area contributed by atoms with Gasteiger partial charge in [-0.05, 0) is 67.8 Å². The summed E-state index contributed by atoms with van der Waals surface area (Å²) in [6, 6.07) is 25.8. The second kappa shape index (κ2) is 10.7. The van der Waals surface area contributed by atoms with E-state index in [1.54, 1.807) is 12.1 Å². The van der Waals surface area contributed by atoms with E-state index in [-0.39, 0.29) is 11.4 Å². The third-order valence-electron chi connectivity index (χ3n) is 8.28. The van der Waals surface area contributed by atoms with E-state index in [9.17, 15) is 9.59 Å². The fraction of sp³-hybridized carbons (Fsp3) is 0.135. The topological polar surface area (TPSA) is 104 Å². The first-order valence-corrected chi connectivity index (χ1v) is 14.5. The molecule has 0 bridgehead atoms. The molecule has 0 aliphatic rings. The second-order valence-electron chi connectivity index (χ2n) is 11.1. The van der Waals surface area contributed by atoms with Crippen molar-refractivity contribution < 1.29 is 19.1 Å². The number of aryl methyl sites for hydroxylation is 3. The second-order valence-corrected chi connectivity index (χ2v) is 11.1. The predicted molar refractivity (Wildman–Crippen MR) is 175 cm³/mol. The number of aromatic nitrogens is 4. The highest BCUT2D eigenvalue weighted by atomic mass is 16.5. The van der Waals surface area contributed by atoms with E-state index < -0.39 is 11.9 Å². The molecule has 7 aromatic rings. The normalized spacial score (nSPS) is 11.4. The van der Waals surface area contributed by atoms with Crippen LogP contribution in [0, 0.1) is 20.8 Å². The zero-order valence-corrected chi connectivity index (χ0v) is 25.4. The van der Waals surface area contributed by atoms with Gasteiger partial charge in [0.2, 0.25) is 0 Å². The number of benzene rings is 3. The Balaban J connectivity index is 1.33. The molecule has 0 radical (unpaired) electrons. The summed E-state index contributed by atoms with van der Waals surface area (Å²) >= 11 is 0. The van der Waals surface area contributed by atoms with Gasteiger partial charge in [-0.15, -0.1) is 0 Å². The monoisotopic (exact) mass is 592 g/mol. The largest absolute Gasteiger partial charge is 0.464 e. The van der Waals surface area contributed by atoms with Crippen molar-refractivity contribution in [2.45, 2.75) is 20.8 Å². The van der Waals surface area contributed by atoms with Crippen LogP contribution in [-0.4, -0.2) is 46.1 Å². The molecule has 3 aromatic carbocycles. The smallest absolute Gasteiger partial charge is 0.356 e. The van der Waals surface area contributed by atoms with Crippen molar-refractivity contribution in [2.24, 2.45) is 0 Å². The minimum atomic E-state index is -0.482. The Morgan fingerprint density at radius 2 is 1.00 bits per heavy atom. The van der Waals surface area contributed by atoms with Gasteiger partial charge in [-0.1, -0.05) is 48.5 Å². The fourth-order valence-corrected chi connectivity index (χ4v) is 5.92. The van der Waals surface area contributed by atoms with Crippen LogP contribution in [0.3, 0.4) is 0 Å². The van der Waals surface area contributed by atoms with E-state index >= 15 is 0 Å². The number of methoxy groups -OCH3 is 2. The summed E-state index contributed by atoms with van der Waals surface area (Å²) in [4.78, 5) is 43.9. The number of nitrogens with zero attached hydrogens (tertiary/aromatic N) is 4. The van der Waals surface area contributed by atoms with E-state index in [0.29, 0.717) is 11.0 Å². The maximum atomic E-state index is 12.3. The van der Waals surface area contributed by atoms with Gasteiger partial charge in [-0.3, -0.25) is 0 Å². The molecular formula is C37H28N4O4. The molecule has 45 heavy (non-hydrogen) atoms. The molecule has 8 heteroatoms. The molecule has 4 aromatic heterocycles. The lowest BCUT2D eigenvalue weighted by molar-refractivity contribution is 0.0585. The molecule has 0 atom stereocenters. The molecule has 0 N–H and O–H groups in total. The number of hydrogen-bond donors (Lipinski definition) is 0. The summed E-state index contributed by atoms with van der Waals surface area (Å²) in [5.41, 5.74) is 9.68. The molecule has 8 nitrogen and oxygen atoms in total. The standard InChI is InChI=1S/C37H28N4O4/c1-19-16-24(28-14-9-22-6-12-26-20(2)17-30(36(42)44-4)40-34(26)32(22)38-28)8-11-25(19)29-15-10-23-7-13-27-21(3)18-31(37(43)45-5)41-35(27)33(23)39-29/h6-18H,1-5H3. The molecule has 0 amide bonds. The molecular weight excluding hydrogens is 564 g/mol.